The molecule has 0 radical (unpaired) electrons. The number of carbonyl (C=O) groups is 1. The summed E-state index contributed by atoms with van der Waals surface area (Å²) in [5.74, 6) is -0.144. The van der Waals surface area contributed by atoms with E-state index < -0.39 is 11.7 Å². The molecule has 2 rings (SSSR count). The highest BCUT2D eigenvalue weighted by Crippen LogP contribution is 2.35. The quantitative estimate of drug-likeness (QED) is 0.176. The van der Waals surface area contributed by atoms with Gasteiger partial charge in [0.2, 0.25) is 6.29 Å². The maximum absolute atomic E-state index is 12.6. The number of nitriles is 1. The maximum Gasteiger partial charge on any atom is 0.314 e. The Labute approximate surface area is 208 Å². The van der Waals surface area contributed by atoms with E-state index in [9.17, 15) is 10.1 Å². The number of allylic oxidation sites excluding steroid dienone is 1. The zero-order chi connectivity index (χ0) is 25.8. The van der Waals surface area contributed by atoms with Crippen molar-refractivity contribution in [3.63, 3.8) is 0 Å². The summed E-state index contributed by atoms with van der Waals surface area (Å²) in [6.45, 7) is 17.9. The molecule has 184 valence electrons. The summed E-state index contributed by atoms with van der Waals surface area (Å²) < 4.78 is 13.4. The van der Waals surface area contributed by atoms with Crippen molar-refractivity contribution < 1.29 is 14.3 Å². The van der Waals surface area contributed by atoms with E-state index in [0.29, 0.717) is 34.9 Å². The van der Waals surface area contributed by atoms with Crippen LogP contribution in [0.1, 0.15) is 84.3 Å². The second-order valence-corrected chi connectivity index (χ2v) is 10.4. The molecule has 0 aliphatic rings. The van der Waals surface area contributed by atoms with Gasteiger partial charge in [0.15, 0.2) is 5.76 Å². The van der Waals surface area contributed by atoms with Gasteiger partial charge in [0, 0.05) is 13.5 Å². The number of esters is 1. The van der Waals surface area contributed by atoms with Crippen molar-refractivity contribution in [2.75, 3.05) is 0 Å². The van der Waals surface area contributed by atoms with Crippen molar-refractivity contribution in [1.82, 2.24) is 9.78 Å². The lowest BCUT2D eigenvalue weighted by Crippen LogP contribution is -2.30. The fourth-order valence-corrected chi connectivity index (χ4v) is 3.49. The minimum Gasteiger partial charge on any atom is -0.451 e. The standard InChI is InChI=1S/C27H36ClN3O3/c1-10-27(8,9)25(32)34-18(4)33-24(23-22(28)17(3)30-31(23)11-2)21(16-29)19-12-14-20(15-13-19)26(5,6)7/h12-15,18H,10-11H2,1-9H3/b24-21-. The maximum atomic E-state index is 12.6. The lowest BCUT2D eigenvalue weighted by molar-refractivity contribution is -0.174. The number of nitrogens with zero attached hydrogens (tertiary/aromatic N) is 3. The number of aryl methyl sites for hydroxylation is 2. The Hall–Kier alpha value is -2.78. The minimum absolute atomic E-state index is 0.0234. The van der Waals surface area contributed by atoms with Gasteiger partial charge in [-0.25, -0.2) is 0 Å². The summed E-state index contributed by atoms with van der Waals surface area (Å²) in [6, 6.07) is 10.1. The molecular formula is C27H36ClN3O3. The van der Waals surface area contributed by atoms with Crippen LogP contribution in [0.4, 0.5) is 0 Å². The third-order valence-corrected chi connectivity index (χ3v) is 6.39. The molecule has 7 heteroatoms. The number of halogens is 1. The summed E-state index contributed by atoms with van der Waals surface area (Å²) in [7, 11) is 0. The van der Waals surface area contributed by atoms with Crippen LogP contribution in [0.3, 0.4) is 0 Å². The summed E-state index contributed by atoms with van der Waals surface area (Å²) in [4.78, 5) is 12.6. The Kier molecular flexibility index (Phi) is 8.60. The molecule has 0 aliphatic heterocycles. The fourth-order valence-electron chi connectivity index (χ4n) is 3.27. The topological polar surface area (TPSA) is 77.1 Å². The van der Waals surface area contributed by atoms with E-state index in [2.05, 4.69) is 31.9 Å². The molecule has 1 unspecified atom stereocenters. The van der Waals surface area contributed by atoms with Crippen LogP contribution in [-0.2, 0) is 26.2 Å². The van der Waals surface area contributed by atoms with Gasteiger partial charge in [0.25, 0.3) is 0 Å². The first kappa shape index (κ1) is 27.5. The van der Waals surface area contributed by atoms with Gasteiger partial charge < -0.3 is 9.47 Å². The third kappa shape index (κ3) is 6.01. The molecule has 0 aliphatic carbocycles. The van der Waals surface area contributed by atoms with Gasteiger partial charge in [0.05, 0.1) is 16.1 Å². The predicted molar refractivity (Wildman–Crippen MR) is 136 cm³/mol. The molecule has 1 heterocycles. The van der Waals surface area contributed by atoms with Gasteiger partial charge in [-0.15, -0.1) is 0 Å². The van der Waals surface area contributed by atoms with E-state index >= 15 is 0 Å². The third-order valence-electron chi connectivity index (χ3n) is 5.94. The average Bonchev–Trinajstić information content (AvgIpc) is 3.06. The molecule has 2 aromatic rings. The van der Waals surface area contributed by atoms with Crippen molar-refractivity contribution in [2.45, 2.75) is 87.0 Å². The van der Waals surface area contributed by atoms with E-state index in [1.165, 1.54) is 0 Å². The number of hydrogen-bond donors (Lipinski definition) is 0. The highest BCUT2D eigenvalue weighted by atomic mass is 35.5. The molecule has 6 nitrogen and oxygen atoms in total. The molecule has 0 amide bonds. The molecule has 1 aromatic carbocycles. The van der Waals surface area contributed by atoms with Gasteiger partial charge in [-0.1, -0.05) is 63.6 Å². The molecule has 34 heavy (non-hydrogen) atoms. The van der Waals surface area contributed by atoms with Crippen molar-refractivity contribution in [2.24, 2.45) is 5.41 Å². The molecule has 0 fully saturated rings. The minimum atomic E-state index is -0.942. The van der Waals surface area contributed by atoms with Crippen LogP contribution in [0.15, 0.2) is 24.3 Å². The second-order valence-electron chi connectivity index (χ2n) is 10.0. The Morgan fingerprint density at radius 2 is 1.74 bits per heavy atom. The van der Waals surface area contributed by atoms with E-state index in [1.54, 1.807) is 18.5 Å². The predicted octanol–water partition coefficient (Wildman–Crippen LogP) is 6.90. The van der Waals surface area contributed by atoms with Gasteiger partial charge in [-0.2, -0.15) is 10.4 Å². The number of aromatic nitrogens is 2. The SMILES string of the molecule is CCn1nc(C)c(Cl)c1/C(OC(C)OC(=O)C(C)(C)CC)=C(\C#N)c1ccc(C(C)(C)C)cc1. The molecule has 1 atom stereocenters. The van der Waals surface area contributed by atoms with Gasteiger partial charge in [-0.05, 0) is 50.7 Å². The normalized spacial score (nSPS) is 13.7. The summed E-state index contributed by atoms with van der Waals surface area (Å²) in [6.07, 6.45) is -0.319. The molecule has 1 aromatic heterocycles. The smallest absolute Gasteiger partial charge is 0.314 e. The number of ether oxygens (including phenoxy) is 2. The van der Waals surface area contributed by atoms with E-state index in [-0.39, 0.29) is 22.7 Å². The lowest BCUT2D eigenvalue weighted by Gasteiger charge is -2.25. The first-order chi connectivity index (χ1) is 15.8. The van der Waals surface area contributed by atoms with E-state index in [0.717, 1.165) is 5.56 Å². The van der Waals surface area contributed by atoms with Crippen LogP contribution in [0.5, 0.6) is 0 Å². The number of hydrogen-bond acceptors (Lipinski definition) is 5. The molecule has 0 spiro atoms. The summed E-state index contributed by atoms with van der Waals surface area (Å²) in [5.41, 5.74) is 2.54. The van der Waals surface area contributed by atoms with E-state index in [1.807, 2.05) is 52.0 Å². The molecule has 0 saturated heterocycles. The second kappa shape index (κ2) is 10.7. The Balaban J connectivity index is 2.64. The van der Waals surface area contributed by atoms with Gasteiger partial charge in [0.1, 0.15) is 17.3 Å². The molecule has 0 saturated carbocycles. The van der Waals surface area contributed by atoms with Crippen LogP contribution in [-0.4, -0.2) is 22.0 Å². The number of carbonyl (C=O) groups excluding carboxylic acids is 1. The van der Waals surface area contributed by atoms with Crippen molar-refractivity contribution in [3.05, 3.63) is 51.8 Å². The first-order valence-electron chi connectivity index (χ1n) is 11.6. The summed E-state index contributed by atoms with van der Waals surface area (Å²) >= 11 is 6.63. The van der Waals surface area contributed by atoms with Gasteiger partial charge >= 0.3 is 5.97 Å². The number of rotatable bonds is 8. The van der Waals surface area contributed by atoms with E-state index in [4.69, 9.17) is 21.1 Å². The molecule has 0 bridgehead atoms. The van der Waals surface area contributed by atoms with Crippen molar-refractivity contribution in [3.8, 4) is 6.07 Å². The molecular weight excluding hydrogens is 450 g/mol. The van der Waals surface area contributed by atoms with Crippen molar-refractivity contribution >= 4 is 28.9 Å². The fraction of sp³-hybridized carbons (Fsp3) is 0.519. The zero-order valence-electron chi connectivity index (χ0n) is 21.7. The lowest BCUT2D eigenvalue weighted by atomic mass is 9.86. The van der Waals surface area contributed by atoms with Crippen molar-refractivity contribution in [1.29, 1.82) is 5.26 Å². The van der Waals surface area contributed by atoms with Crippen LogP contribution >= 0.6 is 11.6 Å². The highest BCUT2D eigenvalue weighted by molar-refractivity contribution is 6.33. The Bertz CT molecular complexity index is 1100. The van der Waals surface area contributed by atoms with Crippen LogP contribution in [0.2, 0.25) is 5.02 Å². The number of benzene rings is 1. The average molecular weight is 486 g/mol. The Morgan fingerprint density at radius 3 is 2.21 bits per heavy atom. The van der Waals surface area contributed by atoms with Gasteiger partial charge in [-0.3, -0.25) is 9.48 Å². The monoisotopic (exact) mass is 485 g/mol. The zero-order valence-corrected chi connectivity index (χ0v) is 22.5. The molecule has 0 N–H and O–H groups in total. The van der Waals surface area contributed by atoms with Crippen LogP contribution in [0.25, 0.3) is 11.3 Å². The van der Waals surface area contributed by atoms with Crippen LogP contribution < -0.4 is 0 Å². The summed E-state index contributed by atoms with van der Waals surface area (Å²) in [5, 5.41) is 15.1. The first-order valence-corrected chi connectivity index (χ1v) is 12.0. The van der Waals surface area contributed by atoms with Crippen LogP contribution in [0, 0.1) is 23.7 Å². The largest absolute Gasteiger partial charge is 0.451 e. The Morgan fingerprint density at radius 1 is 1.15 bits per heavy atom. The highest BCUT2D eigenvalue weighted by Gasteiger charge is 2.31.